The van der Waals surface area contributed by atoms with Crippen LogP contribution in [0.2, 0.25) is 0 Å². The maximum atomic E-state index is 13.8. The minimum atomic E-state index is -0.501. The fraction of sp³-hybridized carbons (Fsp3) is 0.370. The van der Waals surface area contributed by atoms with Gasteiger partial charge in [-0.1, -0.05) is 43.3 Å². The Morgan fingerprint density at radius 1 is 1.14 bits per heavy atom. The predicted octanol–water partition coefficient (Wildman–Crippen LogP) is 5.73. The first-order chi connectivity index (χ1) is 17.4. The number of unbranched alkanes of at least 4 members (excludes halogenated alkanes) is 1. The molecule has 0 aliphatic carbocycles. The number of hydrogen-bond acceptors (Lipinski definition) is 7. The number of thioether (sulfide) groups is 1. The summed E-state index contributed by atoms with van der Waals surface area (Å²) in [6.07, 6.45) is 2.19. The summed E-state index contributed by atoms with van der Waals surface area (Å²) in [6.45, 7) is 8.10. The Balaban J connectivity index is 1.79. The van der Waals surface area contributed by atoms with E-state index in [1.165, 1.54) is 0 Å². The van der Waals surface area contributed by atoms with Gasteiger partial charge in [0.2, 0.25) is 11.1 Å². The van der Waals surface area contributed by atoms with Crippen LogP contribution in [-0.4, -0.2) is 40.6 Å². The van der Waals surface area contributed by atoms with Crippen molar-refractivity contribution in [1.29, 1.82) is 0 Å². The number of aromatic nitrogens is 3. The second-order valence-corrected chi connectivity index (χ2v) is 9.81. The number of nitrogens with one attached hydrogen (secondary N) is 2. The Bertz CT molecular complexity index is 1300. The van der Waals surface area contributed by atoms with E-state index in [2.05, 4.69) is 17.6 Å². The van der Waals surface area contributed by atoms with Gasteiger partial charge in [-0.25, -0.2) is 4.68 Å². The summed E-state index contributed by atoms with van der Waals surface area (Å²) in [5.74, 6) is 2.55. The average molecular weight is 508 g/mol. The Kier molecular flexibility index (Phi) is 7.88. The van der Waals surface area contributed by atoms with E-state index in [1.807, 2.05) is 57.2 Å². The van der Waals surface area contributed by atoms with Gasteiger partial charge in [-0.3, -0.25) is 4.79 Å². The summed E-state index contributed by atoms with van der Waals surface area (Å²) in [5, 5.41) is 11.9. The first-order valence-corrected chi connectivity index (χ1v) is 13.0. The Morgan fingerprint density at radius 2 is 1.92 bits per heavy atom. The number of methoxy groups -OCH3 is 2. The van der Waals surface area contributed by atoms with Crippen molar-refractivity contribution in [3.8, 4) is 11.5 Å². The summed E-state index contributed by atoms with van der Waals surface area (Å²) in [6, 6.07) is 11.1. The molecule has 1 aliphatic heterocycles. The standard InChI is InChI=1S/C27H33N5O3S/c1-7-8-14-36-27-30-26-28-18(4)23(25(33)29-20-11-9-10-16(2)17(20)3)24(32(26)31-27)19-12-13-21(34-5)22(15-19)35-6/h9-13,15,24H,7-8,14H2,1-6H3,(H,29,33)(H,28,30,31). The van der Waals surface area contributed by atoms with Crippen LogP contribution in [0.5, 0.6) is 11.5 Å². The zero-order valence-electron chi connectivity index (χ0n) is 21.6. The lowest BCUT2D eigenvalue weighted by Crippen LogP contribution is -2.31. The van der Waals surface area contributed by atoms with Crippen molar-refractivity contribution in [3.05, 3.63) is 64.4 Å². The SMILES string of the molecule is CCCCSc1nc2n(n1)C(c1ccc(OC)c(OC)c1)C(C(=O)Nc1cccc(C)c1C)=C(C)N2. The molecule has 2 heterocycles. The molecule has 8 nitrogen and oxygen atoms in total. The van der Waals surface area contributed by atoms with Crippen molar-refractivity contribution in [2.45, 2.75) is 51.7 Å². The lowest BCUT2D eigenvalue weighted by Gasteiger charge is -2.29. The van der Waals surface area contributed by atoms with Crippen LogP contribution < -0.4 is 20.1 Å². The average Bonchev–Trinajstić information content (AvgIpc) is 3.27. The van der Waals surface area contributed by atoms with Gasteiger partial charge in [0.25, 0.3) is 5.91 Å². The van der Waals surface area contributed by atoms with E-state index in [0.717, 1.165) is 46.7 Å². The fourth-order valence-corrected chi connectivity index (χ4v) is 5.11. The molecule has 0 saturated carbocycles. The van der Waals surface area contributed by atoms with E-state index in [1.54, 1.807) is 30.7 Å². The first kappa shape index (κ1) is 25.6. The van der Waals surface area contributed by atoms with Crippen LogP contribution in [0, 0.1) is 13.8 Å². The Hall–Kier alpha value is -3.46. The number of aryl methyl sites for hydroxylation is 1. The topological polar surface area (TPSA) is 90.3 Å². The summed E-state index contributed by atoms with van der Waals surface area (Å²) in [5.41, 5.74) is 5.06. The number of nitrogens with zero attached hydrogens (tertiary/aromatic N) is 3. The van der Waals surface area contributed by atoms with Crippen LogP contribution in [0.3, 0.4) is 0 Å². The lowest BCUT2D eigenvalue weighted by atomic mass is 9.94. The van der Waals surface area contributed by atoms with Crippen molar-refractivity contribution in [2.24, 2.45) is 0 Å². The van der Waals surface area contributed by atoms with Crippen LogP contribution in [-0.2, 0) is 4.79 Å². The molecule has 1 atom stereocenters. The van der Waals surface area contributed by atoms with Crippen LogP contribution >= 0.6 is 11.8 Å². The van der Waals surface area contributed by atoms with E-state index in [0.29, 0.717) is 28.2 Å². The summed E-state index contributed by atoms with van der Waals surface area (Å²) in [4.78, 5) is 18.5. The minimum absolute atomic E-state index is 0.199. The highest BCUT2D eigenvalue weighted by atomic mass is 32.2. The minimum Gasteiger partial charge on any atom is -0.493 e. The molecule has 0 radical (unpaired) electrons. The molecule has 4 rings (SSSR count). The third-order valence-corrected chi connectivity index (χ3v) is 7.31. The highest BCUT2D eigenvalue weighted by Gasteiger charge is 2.35. The molecule has 0 fully saturated rings. The molecule has 9 heteroatoms. The number of amides is 1. The van der Waals surface area contributed by atoms with Gasteiger partial charge in [-0.05, 0) is 62.1 Å². The molecule has 36 heavy (non-hydrogen) atoms. The molecule has 1 amide bonds. The van der Waals surface area contributed by atoms with Crippen LogP contribution in [0.25, 0.3) is 0 Å². The highest BCUT2D eigenvalue weighted by Crippen LogP contribution is 2.40. The van der Waals surface area contributed by atoms with Gasteiger partial charge in [0.15, 0.2) is 11.5 Å². The predicted molar refractivity (Wildman–Crippen MR) is 144 cm³/mol. The van der Waals surface area contributed by atoms with Crippen molar-refractivity contribution in [1.82, 2.24) is 14.8 Å². The molecule has 2 N–H and O–H groups in total. The number of ether oxygens (including phenoxy) is 2. The van der Waals surface area contributed by atoms with Crippen LogP contribution in [0.15, 0.2) is 52.8 Å². The smallest absolute Gasteiger partial charge is 0.255 e. The summed E-state index contributed by atoms with van der Waals surface area (Å²) < 4.78 is 12.8. The number of carbonyl (C=O) groups is 1. The van der Waals surface area contributed by atoms with E-state index >= 15 is 0 Å². The van der Waals surface area contributed by atoms with E-state index in [-0.39, 0.29) is 5.91 Å². The molecule has 3 aromatic rings. The van der Waals surface area contributed by atoms with E-state index < -0.39 is 6.04 Å². The molecule has 190 valence electrons. The quantitative estimate of drug-likeness (QED) is 0.282. The second-order valence-electron chi connectivity index (χ2n) is 8.75. The molecule has 1 aromatic heterocycles. The van der Waals surface area contributed by atoms with Crippen LogP contribution in [0.4, 0.5) is 11.6 Å². The molecular weight excluding hydrogens is 474 g/mol. The third-order valence-electron chi connectivity index (χ3n) is 6.38. The molecule has 0 saturated heterocycles. The molecular formula is C27H33N5O3S. The maximum Gasteiger partial charge on any atom is 0.255 e. The number of benzene rings is 2. The zero-order valence-corrected chi connectivity index (χ0v) is 22.5. The molecule has 2 aromatic carbocycles. The van der Waals surface area contributed by atoms with E-state index in [9.17, 15) is 4.79 Å². The number of fused-ring (bicyclic) bond motifs is 1. The van der Waals surface area contributed by atoms with Gasteiger partial charge in [0.1, 0.15) is 6.04 Å². The largest absolute Gasteiger partial charge is 0.493 e. The maximum absolute atomic E-state index is 13.8. The van der Waals surface area contributed by atoms with E-state index in [4.69, 9.17) is 19.6 Å². The normalized spacial score (nSPS) is 14.8. The third kappa shape index (κ3) is 5.06. The molecule has 1 unspecified atom stereocenters. The lowest BCUT2D eigenvalue weighted by molar-refractivity contribution is -0.113. The van der Waals surface area contributed by atoms with Gasteiger partial charge >= 0.3 is 0 Å². The number of anilines is 2. The summed E-state index contributed by atoms with van der Waals surface area (Å²) in [7, 11) is 3.20. The number of hydrogen-bond donors (Lipinski definition) is 2. The molecule has 1 aliphatic rings. The molecule has 0 bridgehead atoms. The zero-order chi connectivity index (χ0) is 25.8. The monoisotopic (exact) mass is 507 g/mol. The Morgan fingerprint density at radius 3 is 2.64 bits per heavy atom. The van der Waals surface area contributed by atoms with Gasteiger partial charge in [0, 0.05) is 17.1 Å². The van der Waals surface area contributed by atoms with Crippen molar-refractivity contribution in [2.75, 3.05) is 30.6 Å². The number of allylic oxidation sites excluding steroid dienone is 1. The van der Waals surface area contributed by atoms with Gasteiger partial charge in [-0.15, -0.1) is 5.10 Å². The number of carbonyl (C=O) groups excluding carboxylic acids is 1. The van der Waals surface area contributed by atoms with Gasteiger partial charge in [0.05, 0.1) is 19.8 Å². The van der Waals surface area contributed by atoms with Crippen molar-refractivity contribution >= 4 is 29.3 Å². The van der Waals surface area contributed by atoms with Crippen molar-refractivity contribution in [3.63, 3.8) is 0 Å². The number of rotatable bonds is 9. The first-order valence-electron chi connectivity index (χ1n) is 12.0. The second kappa shape index (κ2) is 11.1. The Labute approximate surface area is 216 Å². The molecule has 0 spiro atoms. The summed E-state index contributed by atoms with van der Waals surface area (Å²) >= 11 is 1.62. The highest BCUT2D eigenvalue weighted by molar-refractivity contribution is 7.99. The van der Waals surface area contributed by atoms with Crippen LogP contribution in [0.1, 0.15) is 49.4 Å². The van der Waals surface area contributed by atoms with Gasteiger partial charge in [-0.2, -0.15) is 4.98 Å². The fourth-order valence-electron chi connectivity index (χ4n) is 4.20. The van der Waals surface area contributed by atoms with Crippen molar-refractivity contribution < 1.29 is 14.3 Å². The van der Waals surface area contributed by atoms with Gasteiger partial charge < -0.3 is 20.1 Å².